The summed E-state index contributed by atoms with van der Waals surface area (Å²) in [5.74, 6) is 0.520. The van der Waals surface area contributed by atoms with Crippen molar-refractivity contribution < 1.29 is 4.79 Å². The third-order valence-corrected chi connectivity index (χ3v) is 4.34. The first-order valence-corrected chi connectivity index (χ1v) is 8.31. The van der Waals surface area contributed by atoms with Crippen LogP contribution in [0.4, 0.5) is 0 Å². The Labute approximate surface area is 137 Å². The van der Waals surface area contributed by atoms with Gasteiger partial charge in [0.05, 0.1) is 0 Å². The third-order valence-electron chi connectivity index (χ3n) is 4.34. The maximum Gasteiger partial charge on any atom is 0.251 e. The van der Waals surface area contributed by atoms with Gasteiger partial charge < -0.3 is 10.6 Å². The van der Waals surface area contributed by atoms with Gasteiger partial charge in [-0.1, -0.05) is 18.2 Å². The molecule has 0 unspecified atom stereocenters. The Morgan fingerprint density at radius 3 is 3.04 bits per heavy atom. The minimum absolute atomic E-state index is 0.000455. The molecule has 1 fully saturated rings. The molecule has 4 heteroatoms. The van der Waals surface area contributed by atoms with Gasteiger partial charge in [0, 0.05) is 31.0 Å². The van der Waals surface area contributed by atoms with Gasteiger partial charge in [0.1, 0.15) is 0 Å². The van der Waals surface area contributed by atoms with E-state index in [0.717, 1.165) is 30.6 Å². The number of piperidine rings is 1. The van der Waals surface area contributed by atoms with Crippen LogP contribution in [0.2, 0.25) is 0 Å². The van der Waals surface area contributed by atoms with E-state index < -0.39 is 0 Å². The van der Waals surface area contributed by atoms with Crippen LogP contribution in [-0.2, 0) is 6.42 Å². The molecule has 2 aromatic rings. The summed E-state index contributed by atoms with van der Waals surface area (Å²) < 4.78 is 0. The molecule has 1 aromatic carbocycles. The van der Waals surface area contributed by atoms with Crippen molar-refractivity contribution in [1.29, 1.82) is 0 Å². The van der Waals surface area contributed by atoms with Gasteiger partial charge in [-0.3, -0.25) is 9.78 Å². The summed E-state index contributed by atoms with van der Waals surface area (Å²) in [5.41, 5.74) is 3.14. The highest BCUT2D eigenvalue weighted by Crippen LogP contribution is 2.23. The summed E-state index contributed by atoms with van der Waals surface area (Å²) in [7, 11) is 0. The molecule has 1 amide bonds. The summed E-state index contributed by atoms with van der Waals surface area (Å²) in [6.45, 7) is 2.73. The zero-order valence-corrected chi connectivity index (χ0v) is 13.3. The smallest absolute Gasteiger partial charge is 0.251 e. The average Bonchev–Trinajstić information content (AvgIpc) is 2.63. The fourth-order valence-corrected chi connectivity index (χ4v) is 3.04. The molecule has 1 aliphatic heterocycles. The maximum atomic E-state index is 12.3. The van der Waals surface area contributed by atoms with Crippen molar-refractivity contribution in [2.45, 2.75) is 25.2 Å². The van der Waals surface area contributed by atoms with E-state index in [1.165, 1.54) is 18.4 Å². The van der Waals surface area contributed by atoms with Crippen LogP contribution < -0.4 is 10.6 Å². The SMILES string of the molecule is O=C(NCCc1cccnc1)c1cccc([C@@H]2CCCNC2)c1. The zero-order chi connectivity index (χ0) is 15.9. The summed E-state index contributed by atoms with van der Waals surface area (Å²) in [4.78, 5) is 16.4. The highest BCUT2D eigenvalue weighted by molar-refractivity contribution is 5.94. The van der Waals surface area contributed by atoms with Gasteiger partial charge in [-0.2, -0.15) is 0 Å². The molecule has 120 valence electrons. The normalized spacial score (nSPS) is 17.7. The largest absolute Gasteiger partial charge is 0.352 e. The summed E-state index contributed by atoms with van der Waals surface area (Å²) in [6.07, 6.45) is 6.79. The minimum atomic E-state index is -0.000455. The van der Waals surface area contributed by atoms with Crippen LogP contribution in [0.3, 0.4) is 0 Å². The summed E-state index contributed by atoms with van der Waals surface area (Å²) >= 11 is 0. The molecule has 0 spiro atoms. The minimum Gasteiger partial charge on any atom is -0.352 e. The van der Waals surface area contributed by atoms with Crippen LogP contribution in [0.1, 0.15) is 40.2 Å². The Balaban J connectivity index is 1.56. The first kappa shape index (κ1) is 15.7. The van der Waals surface area contributed by atoms with Crippen LogP contribution in [0.25, 0.3) is 0 Å². The van der Waals surface area contributed by atoms with Crippen molar-refractivity contribution in [1.82, 2.24) is 15.6 Å². The molecule has 0 radical (unpaired) electrons. The maximum absolute atomic E-state index is 12.3. The number of pyridine rings is 1. The number of nitrogens with zero attached hydrogens (tertiary/aromatic N) is 1. The summed E-state index contributed by atoms with van der Waals surface area (Å²) in [6, 6.07) is 12.0. The molecule has 3 rings (SSSR count). The monoisotopic (exact) mass is 309 g/mol. The summed E-state index contributed by atoms with van der Waals surface area (Å²) in [5, 5.41) is 6.42. The van der Waals surface area contributed by atoms with Gasteiger partial charge in [-0.05, 0) is 61.1 Å². The van der Waals surface area contributed by atoms with Crippen LogP contribution in [0.5, 0.6) is 0 Å². The lowest BCUT2D eigenvalue weighted by atomic mass is 9.90. The molecule has 0 aliphatic carbocycles. The average molecular weight is 309 g/mol. The molecule has 1 atom stereocenters. The second-order valence-electron chi connectivity index (χ2n) is 6.04. The van der Waals surface area contributed by atoms with E-state index in [4.69, 9.17) is 0 Å². The van der Waals surface area contributed by atoms with Gasteiger partial charge >= 0.3 is 0 Å². The quantitative estimate of drug-likeness (QED) is 0.892. The van der Waals surface area contributed by atoms with Crippen molar-refractivity contribution in [3.8, 4) is 0 Å². The lowest BCUT2D eigenvalue weighted by Crippen LogP contribution is -2.29. The third kappa shape index (κ3) is 4.39. The van der Waals surface area contributed by atoms with E-state index in [0.29, 0.717) is 12.5 Å². The number of benzene rings is 1. The van der Waals surface area contributed by atoms with E-state index in [1.54, 1.807) is 6.20 Å². The van der Waals surface area contributed by atoms with Gasteiger partial charge in [0.15, 0.2) is 0 Å². The second kappa shape index (κ2) is 7.88. The van der Waals surface area contributed by atoms with Crippen LogP contribution in [-0.4, -0.2) is 30.5 Å². The van der Waals surface area contributed by atoms with Crippen molar-refractivity contribution in [3.63, 3.8) is 0 Å². The zero-order valence-electron chi connectivity index (χ0n) is 13.3. The van der Waals surface area contributed by atoms with Crippen molar-refractivity contribution in [2.75, 3.05) is 19.6 Å². The Bertz CT molecular complexity index is 636. The number of rotatable bonds is 5. The van der Waals surface area contributed by atoms with Crippen molar-refractivity contribution in [3.05, 3.63) is 65.5 Å². The predicted molar refractivity (Wildman–Crippen MR) is 91.6 cm³/mol. The Morgan fingerprint density at radius 1 is 1.30 bits per heavy atom. The van der Waals surface area contributed by atoms with E-state index in [2.05, 4.69) is 21.7 Å². The van der Waals surface area contributed by atoms with Gasteiger partial charge in [0.25, 0.3) is 5.91 Å². The molecule has 1 saturated heterocycles. The van der Waals surface area contributed by atoms with Crippen LogP contribution >= 0.6 is 0 Å². The van der Waals surface area contributed by atoms with Crippen molar-refractivity contribution >= 4 is 5.91 Å². The fourth-order valence-electron chi connectivity index (χ4n) is 3.04. The van der Waals surface area contributed by atoms with Crippen molar-refractivity contribution in [2.24, 2.45) is 0 Å². The molecular formula is C19H23N3O. The number of hydrogen-bond donors (Lipinski definition) is 2. The molecule has 0 bridgehead atoms. The van der Waals surface area contributed by atoms with Gasteiger partial charge in [-0.15, -0.1) is 0 Å². The Morgan fingerprint density at radius 2 is 2.26 bits per heavy atom. The standard InChI is InChI=1S/C19H23N3O/c23-19(22-11-8-15-4-2-9-20-13-15)17-6-1-5-16(12-17)18-7-3-10-21-14-18/h1-2,4-6,9,12-13,18,21H,3,7-8,10-11,14H2,(H,22,23)/t18-/m1/s1. The van der Waals surface area contributed by atoms with E-state index in [-0.39, 0.29) is 5.91 Å². The first-order chi connectivity index (χ1) is 11.3. The number of aromatic nitrogens is 1. The molecule has 1 aromatic heterocycles. The number of hydrogen-bond acceptors (Lipinski definition) is 3. The molecule has 4 nitrogen and oxygen atoms in total. The number of amides is 1. The highest BCUT2D eigenvalue weighted by Gasteiger charge is 2.16. The molecule has 1 aliphatic rings. The lowest BCUT2D eigenvalue weighted by Gasteiger charge is -2.23. The number of carbonyl (C=O) groups excluding carboxylic acids is 1. The van der Waals surface area contributed by atoms with E-state index in [9.17, 15) is 4.79 Å². The number of nitrogens with one attached hydrogen (secondary N) is 2. The Hall–Kier alpha value is -2.20. The predicted octanol–water partition coefficient (Wildman–Crippen LogP) is 2.52. The van der Waals surface area contributed by atoms with Crippen LogP contribution in [0.15, 0.2) is 48.8 Å². The second-order valence-corrected chi connectivity index (χ2v) is 6.04. The van der Waals surface area contributed by atoms with E-state index >= 15 is 0 Å². The number of carbonyl (C=O) groups is 1. The van der Waals surface area contributed by atoms with Crippen LogP contribution in [0, 0.1) is 0 Å². The highest BCUT2D eigenvalue weighted by atomic mass is 16.1. The van der Waals surface area contributed by atoms with Gasteiger partial charge in [-0.25, -0.2) is 0 Å². The van der Waals surface area contributed by atoms with E-state index in [1.807, 2.05) is 36.5 Å². The molecule has 2 N–H and O–H groups in total. The topological polar surface area (TPSA) is 54.0 Å². The first-order valence-electron chi connectivity index (χ1n) is 8.31. The Kier molecular flexibility index (Phi) is 5.37. The molecule has 23 heavy (non-hydrogen) atoms. The lowest BCUT2D eigenvalue weighted by molar-refractivity contribution is 0.0954. The van der Waals surface area contributed by atoms with Gasteiger partial charge in [0.2, 0.25) is 0 Å². The molecular weight excluding hydrogens is 286 g/mol. The fraction of sp³-hybridized carbons (Fsp3) is 0.368. The molecule has 2 heterocycles. The molecule has 0 saturated carbocycles.